The Balaban J connectivity index is 1.56. The van der Waals surface area contributed by atoms with Crippen LogP contribution in [0.5, 0.6) is 11.5 Å². The zero-order chi connectivity index (χ0) is 18.7. The summed E-state index contributed by atoms with van der Waals surface area (Å²) in [4.78, 5) is 19.6. The molecule has 6 nitrogen and oxygen atoms in total. The van der Waals surface area contributed by atoms with Crippen LogP contribution in [0.1, 0.15) is 17.2 Å². The lowest BCUT2D eigenvalue weighted by molar-refractivity contribution is -0.141. The molecule has 0 spiro atoms. The minimum Gasteiger partial charge on any atom is -0.485 e. The number of ether oxygens (including phenoxy) is 2. The van der Waals surface area contributed by atoms with Crippen LogP contribution in [0.25, 0.3) is 0 Å². The predicted octanol–water partition coefficient (Wildman–Crippen LogP) is 2.30. The van der Waals surface area contributed by atoms with Gasteiger partial charge in [-0.2, -0.15) is 13.2 Å². The second-order valence-corrected chi connectivity index (χ2v) is 5.71. The van der Waals surface area contributed by atoms with E-state index < -0.39 is 23.9 Å². The molecule has 2 aromatic rings. The Morgan fingerprint density at radius 2 is 2.00 bits per heavy atom. The van der Waals surface area contributed by atoms with Crippen LogP contribution >= 0.6 is 0 Å². The number of carbonyl (C=O) groups is 1. The maximum absolute atomic E-state index is 12.8. The van der Waals surface area contributed by atoms with E-state index in [1.165, 1.54) is 6.92 Å². The lowest BCUT2D eigenvalue weighted by Gasteiger charge is -2.25. The van der Waals surface area contributed by atoms with Crippen LogP contribution < -0.4 is 14.8 Å². The van der Waals surface area contributed by atoms with E-state index in [0.29, 0.717) is 11.5 Å². The molecule has 2 heterocycles. The van der Waals surface area contributed by atoms with Crippen LogP contribution in [0.2, 0.25) is 0 Å². The number of aromatic nitrogens is 2. The number of nitrogens with zero attached hydrogens (tertiary/aromatic N) is 2. The van der Waals surface area contributed by atoms with Crippen molar-refractivity contribution in [2.75, 3.05) is 13.2 Å². The highest BCUT2D eigenvalue weighted by Gasteiger charge is 2.33. The first-order valence-electron chi connectivity index (χ1n) is 7.91. The fourth-order valence-corrected chi connectivity index (χ4v) is 2.45. The van der Waals surface area contributed by atoms with Crippen LogP contribution in [0.4, 0.5) is 13.2 Å². The molecular weight excluding hydrogens is 351 g/mol. The number of benzene rings is 1. The molecule has 1 amide bonds. The van der Waals surface area contributed by atoms with E-state index in [1.54, 1.807) is 24.3 Å². The fourth-order valence-electron chi connectivity index (χ4n) is 2.45. The zero-order valence-electron chi connectivity index (χ0n) is 13.8. The topological polar surface area (TPSA) is 73.3 Å². The first-order valence-corrected chi connectivity index (χ1v) is 7.91. The summed E-state index contributed by atoms with van der Waals surface area (Å²) in [5, 5.41) is 2.60. The average molecular weight is 367 g/mol. The number of nitrogens with one attached hydrogen (secondary N) is 1. The molecule has 0 saturated heterocycles. The normalized spacial score (nSPS) is 16.2. The van der Waals surface area contributed by atoms with Crippen molar-refractivity contribution in [3.8, 4) is 11.5 Å². The average Bonchev–Trinajstić information content (AvgIpc) is 2.60. The van der Waals surface area contributed by atoms with Crippen LogP contribution in [0, 0.1) is 6.92 Å². The van der Waals surface area contributed by atoms with E-state index in [2.05, 4.69) is 15.3 Å². The molecule has 138 valence electrons. The minimum absolute atomic E-state index is 0.0174. The first-order chi connectivity index (χ1) is 12.3. The highest BCUT2D eigenvalue weighted by molar-refractivity contribution is 5.81. The fraction of sp³-hybridized carbons (Fsp3) is 0.353. The summed E-state index contributed by atoms with van der Waals surface area (Å²) >= 11 is 0. The maximum atomic E-state index is 12.8. The molecular formula is C17H16F3N3O3. The molecule has 1 aromatic carbocycles. The lowest BCUT2D eigenvalue weighted by atomic mass is 10.2. The monoisotopic (exact) mass is 367 g/mol. The summed E-state index contributed by atoms with van der Waals surface area (Å²) in [5.41, 5.74) is -0.777. The van der Waals surface area contributed by atoms with Gasteiger partial charge in [-0.1, -0.05) is 12.1 Å². The SMILES string of the molecule is Cc1cc(C(F)(F)F)nc(CCNC(=O)[C@H]2COc3ccccc3O2)n1. The second-order valence-electron chi connectivity index (χ2n) is 5.71. The number of para-hydroxylation sites is 2. The highest BCUT2D eigenvalue weighted by atomic mass is 19.4. The van der Waals surface area contributed by atoms with Crippen LogP contribution in [-0.2, 0) is 17.4 Å². The number of aryl methyl sites for hydroxylation is 1. The molecule has 1 aliphatic heterocycles. The third-order valence-corrected chi connectivity index (χ3v) is 3.64. The van der Waals surface area contributed by atoms with Crippen molar-refractivity contribution in [1.82, 2.24) is 15.3 Å². The number of rotatable bonds is 4. The van der Waals surface area contributed by atoms with E-state index in [4.69, 9.17) is 9.47 Å². The smallest absolute Gasteiger partial charge is 0.433 e. The van der Waals surface area contributed by atoms with Crippen molar-refractivity contribution in [3.05, 3.63) is 47.5 Å². The standard InChI is InChI=1S/C17H16F3N3O3/c1-10-8-14(17(18,19)20)23-15(22-10)6-7-21-16(24)13-9-25-11-4-2-3-5-12(11)26-13/h2-5,8,13H,6-7,9H2,1H3,(H,21,24)/t13-/m1/s1. The summed E-state index contributed by atoms with van der Waals surface area (Å²) in [7, 11) is 0. The molecule has 0 aliphatic carbocycles. The molecule has 0 bridgehead atoms. The van der Waals surface area contributed by atoms with Gasteiger partial charge >= 0.3 is 6.18 Å². The van der Waals surface area contributed by atoms with Crippen LogP contribution in [0.15, 0.2) is 30.3 Å². The third kappa shape index (κ3) is 4.22. The van der Waals surface area contributed by atoms with Crippen LogP contribution in [-0.4, -0.2) is 35.1 Å². The van der Waals surface area contributed by atoms with Gasteiger partial charge in [-0.25, -0.2) is 9.97 Å². The van der Waals surface area contributed by atoms with Gasteiger partial charge in [0.1, 0.15) is 18.1 Å². The van der Waals surface area contributed by atoms with E-state index in [9.17, 15) is 18.0 Å². The summed E-state index contributed by atoms with van der Waals surface area (Å²) in [6, 6.07) is 7.85. The Morgan fingerprint density at radius 3 is 2.73 bits per heavy atom. The van der Waals surface area contributed by atoms with Crippen LogP contribution in [0.3, 0.4) is 0 Å². The number of amides is 1. The molecule has 9 heteroatoms. The molecule has 1 N–H and O–H groups in total. The van der Waals surface area contributed by atoms with Gasteiger partial charge in [-0.3, -0.25) is 4.79 Å². The summed E-state index contributed by atoms with van der Waals surface area (Å²) in [5.74, 6) is 0.632. The van der Waals surface area contributed by atoms with Gasteiger partial charge in [-0.15, -0.1) is 0 Å². The van der Waals surface area contributed by atoms with Gasteiger partial charge in [0.2, 0.25) is 6.10 Å². The van der Waals surface area contributed by atoms with Gasteiger partial charge in [-0.05, 0) is 25.1 Å². The minimum atomic E-state index is -4.54. The third-order valence-electron chi connectivity index (χ3n) is 3.64. The number of carbonyl (C=O) groups excluding carboxylic acids is 1. The molecule has 1 aromatic heterocycles. The molecule has 0 saturated carbocycles. The largest absolute Gasteiger partial charge is 0.485 e. The summed E-state index contributed by atoms with van der Waals surface area (Å²) < 4.78 is 49.3. The van der Waals surface area contributed by atoms with Gasteiger partial charge in [0, 0.05) is 18.7 Å². The van der Waals surface area contributed by atoms with Gasteiger partial charge in [0.15, 0.2) is 11.5 Å². The molecule has 0 radical (unpaired) electrons. The molecule has 0 fully saturated rings. The zero-order valence-corrected chi connectivity index (χ0v) is 13.8. The maximum Gasteiger partial charge on any atom is 0.433 e. The Hall–Kier alpha value is -2.84. The summed E-state index contributed by atoms with van der Waals surface area (Å²) in [6.45, 7) is 1.60. The Labute approximate surface area is 147 Å². The molecule has 1 aliphatic rings. The van der Waals surface area contributed by atoms with Crippen molar-refractivity contribution < 1.29 is 27.4 Å². The predicted molar refractivity (Wildman–Crippen MR) is 84.8 cm³/mol. The van der Waals surface area contributed by atoms with E-state index in [-0.39, 0.29) is 31.1 Å². The van der Waals surface area contributed by atoms with Crippen molar-refractivity contribution in [2.24, 2.45) is 0 Å². The molecule has 0 unspecified atom stereocenters. The molecule has 3 rings (SSSR count). The van der Waals surface area contributed by atoms with Crippen molar-refractivity contribution >= 4 is 5.91 Å². The number of halogens is 3. The lowest BCUT2D eigenvalue weighted by Crippen LogP contribution is -2.44. The number of alkyl halides is 3. The van der Waals surface area contributed by atoms with Crippen molar-refractivity contribution in [2.45, 2.75) is 25.6 Å². The van der Waals surface area contributed by atoms with E-state index >= 15 is 0 Å². The van der Waals surface area contributed by atoms with Gasteiger partial charge < -0.3 is 14.8 Å². The van der Waals surface area contributed by atoms with Gasteiger partial charge in [0.25, 0.3) is 5.91 Å². The highest BCUT2D eigenvalue weighted by Crippen LogP contribution is 2.31. The Bertz CT molecular complexity index is 811. The van der Waals surface area contributed by atoms with Crippen molar-refractivity contribution in [1.29, 1.82) is 0 Å². The quantitative estimate of drug-likeness (QED) is 0.898. The van der Waals surface area contributed by atoms with Gasteiger partial charge in [0.05, 0.1) is 0 Å². The Kier molecular flexibility index (Phi) is 4.97. The number of hydrogen-bond donors (Lipinski definition) is 1. The first kappa shape index (κ1) is 18.0. The second kappa shape index (κ2) is 7.19. The number of fused-ring (bicyclic) bond motifs is 1. The Morgan fingerprint density at radius 1 is 1.27 bits per heavy atom. The molecule has 26 heavy (non-hydrogen) atoms. The number of hydrogen-bond acceptors (Lipinski definition) is 5. The molecule has 1 atom stereocenters. The van der Waals surface area contributed by atoms with E-state index in [1.807, 2.05) is 0 Å². The summed E-state index contributed by atoms with van der Waals surface area (Å²) in [6.07, 6.45) is -5.29. The van der Waals surface area contributed by atoms with E-state index in [0.717, 1.165) is 6.07 Å². The van der Waals surface area contributed by atoms with Crippen molar-refractivity contribution in [3.63, 3.8) is 0 Å².